The third-order valence-electron chi connectivity index (χ3n) is 6.40. The second kappa shape index (κ2) is 7.74. The van der Waals surface area contributed by atoms with Crippen LogP contribution in [-0.4, -0.2) is 28.3 Å². The van der Waals surface area contributed by atoms with E-state index in [1.807, 2.05) is 30.7 Å². The van der Waals surface area contributed by atoms with Crippen LogP contribution in [0, 0.1) is 11.8 Å². The number of carbonyl (C=O) groups is 2. The van der Waals surface area contributed by atoms with Crippen molar-refractivity contribution in [3.05, 3.63) is 54.1 Å². The highest BCUT2D eigenvalue weighted by atomic mass is 16.1. The van der Waals surface area contributed by atoms with Gasteiger partial charge in [0.25, 0.3) is 0 Å². The van der Waals surface area contributed by atoms with Crippen LogP contribution >= 0.6 is 0 Å². The van der Waals surface area contributed by atoms with E-state index < -0.39 is 0 Å². The third-order valence-corrected chi connectivity index (χ3v) is 6.40. The first-order chi connectivity index (χ1) is 13.6. The van der Waals surface area contributed by atoms with Gasteiger partial charge in [0.15, 0.2) is 0 Å². The molecular formula is C23H27N3O2. The molecule has 2 heterocycles. The maximum Gasteiger partial charge on any atom is 0.222 e. The molecule has 1 aromatic heterocycles. The number of nitrogens with one attached hydrogen (secondary N) is 1. The van der Waals surface area contributed by atoms with Gasteiger partial charge in [0.2, 0.25) is 5.91 Å². The van der Waals surface area contributed by atoms with Crippen LogP contribution in [0.2, 0.25) is 0 Å². The number of allylic oxidation sites excluding steroid dienone is 2. The van der Waals surface area contributed by atoms with Crippen molar-refractivity contribution in [2.45, 2.75) is 45.1 Å². The van der Waals surface area contributed by atoms with Crippen LogP contribution in [-0.2, 0) is 9.59 Å². The molecule has 1 fully saturated rings. The van der Waals surface area contributed by atoms with Gasteiger partial charge < -0.3 is 9.88 Å². The number of Topliss-reactive ketones (excluding diaryl/α,β-unsaturated/α-hetero) is 1. The zero-order valence-electron chi connectivity index (χ0n) is 16.5. The van der Waals surface area contributed by atoms with Crippen LogP contribution in [0.15, 0.2) is 42.9 Å². The lowest BCUT2D eigenvalue weighted by Gasteiger charge is -2.28. The SMILES string of the molecule is CNC(=O)C1CCC(C(=O)CC2C(c3ccccc3)=C(C)c3cncn32)CC1. The Kier molecular flexibility index (Phi) is 5.16. The summed E-state index contributed by atoms with van der Waals surface area (Å²) in [6.07, 6.45) is 7.44. The lowest BCUT2D eigenvalue weighted by molar-refractivity contribution is -0.129. The summed E-state index contributed by atoms with van der Waals surface area (Å²) in [5.74, 6) is 0.534. The average molecular weight is 377 g/mol. The quantitative estimate of drug-likeness (QED) is 0.860. The summed E-state index contributed by atoms with van der Waals surface area (Å²) in [5, 5.41) is 2.73. The van der Waals surface area contributed by atoms with Gasteiger partial charge in [-0.25, -0.2) is 4.98 Å². The van der Waals surface area contributed by atoms with E-state index in [0.717, 1.165) is 31.4 Å². The van der Waals surface area contributed by atoms with Crippen molar-refractivity contribution in [2.75, 3.05) is 7.05 Å². The highest BCUT2D eigenvalue weighted by Gasteiger charge is 2.35. The third kappa shape index (κ3) is 3.30. The molecule has 4 rings (SSSR count). The summed E-state index contributed by atoms with van der Waals surface area (Å²) >= 11 is 0. The molecule has 1 aliphatic heterocycles. The molecule has 0 radical (unpaired) electrons. The van der Waals surface area contributed by atoms with Gasteiger partial charge in [-0.05, 0) is 49.3 Å². The number of benzene rings is 1. The summed E-state index contributed by atoms with van der Waals surface area (Å²) in [7, 11) is 1.68. The largest absolute Gasteiger partial charge is 0.359 e. The number of hydrogen-bond acceptors (Lipinski definition) is 3. The van der Waals surface area contributed by atoms with Gasteiger partial charge in [0.1, 0.15) is 5.78 Å². The number of rotatable bonds is 5. The normalized spacial score (nSPS) is 24.1. The molecule has 1 atom stereocenters. The molecule has 1 unspecified atom stereocenters. The van der Waals surface area contributed by atoms with Crippen LogP contribution in [0.25, 0.3) is 11.1 Å². The predicted octanol–water partition coefficient (Wildman–Crippen LogP) is 3.88. The van der Waals surface area contributed by atoms with E-state index in [2.05, 4.69) is 33.9 Å². The van der Waals surface area contributed by atoms with Crippen LogP contribution in [0.4, 0.5) is 0 Å². The van der Waals surface area contributed by atoms with E-state index >= 15 is 0 Å². The van der Waals surface area contributed by atoms with Gasteiger partial charge in [-0.15, -0.1) is 0 Å². The van der Waals surface area contributed by atoms with Crippen molar-refractivity contribution in [1.82, 2.24) is 14.9 Å². The molecule has 1 amide bonds. The number of fused-ring (bicyclic) bond motifs is 1. The summed E-state index contributed by atoms with van der Waals surface area (Å²) in [5.41, 5.74) is 4.69. The molecule has 0 saturated heterocycles. The van der Waals surface area contributed by atoms with Gasteiger partial charge >= 0.3 is 0 Å². The van der Waals surface area contributed by atoms with E-state index in [-0.39, 0.29) is 23.8 Å². The second-order valence-corrected chi connectivity index (χ2v) is 7.94. The topological polar surface area (TPSA) is 64.0 Å². The number of ketones is 1. The summed E-state index contributed by atoms with van der Waals surface area (Å²) in [4.78, 5) is 29.3. The summed E-state index contributed by atoms with van der Waals surface area (Å²) in [6, 6.07) is 10.3. The van der Waals surface area contributed by atoms with Crippen molar-refractivity contribution in [3.63, 3.8) is 0 Å². The van der Waals surface area contributed by atoms with Crippen LogP contribution in [0.3, 0.4) is 0 Å². The lowest BCUT2D eigenvalue weighted by Crippen LogP contribution is -2.32. The molecule has 1 N–H and O–H groups in total. The molecule has 1 aliphatic carbocycles. The zero-order chi connectivity index (χ0) is 19.7. The zero-order valence-corrected chi connectivity index (χ0v) is 16.5. The van der Waals surface area contributed by atoms with E-state index in [9.17, 15) is 9.59 Å². The standard InChI is InChI=1S/C23H27N3O2/c1-15-20-13-25-14-26(20)19(22(15)17-6-4-3-5-7-17)12-21(27)16-8-10-18(11-9-16)23(28)24-2/h3-7,13-14,16,18-19H,8-12H2,1-2H3,(H,24,28). The first-order valence-corrected chi connectivity index (χ1v) is 10.1. The van der Waals surface area contributed by atoms with Crippen molar-refractivity contribution in [3.8, 4) is 0 Å². The Morgan fingerprint density at radius 3 is 2.46 bits per heavy atom. The number of imidazole rings is 1. The number of carbonyl (C=O) groups excluding carboxylic acids is 2. The van der Waals surface area contributed by atoms with Crippen molar-refractivity contribution in [1.29, 1.82) is 0 Å². The monoisotopic (exact) mass is 377 g/mol. The van der Waals surface area contributed by atoms with E-state index in [1.54, 1.807) is 7.05 Å². The Bertz CT molecular complexity index is 905. The molecule has 146 valence electrons. The molecule has 1 saturated carbocycles. The minimum absolute atomic E-state index is 0.00376. The van der Waals surface area contributed by atoms with E-state index in [4.69, 9.17) is 0 Å². The molecule has 0 bridgehead atoms. The Balaban J connectivity index is 1.52. The van der Waals surface area contributed by atoms with E-state index in [0.29, 0.717) is 12.2 Å². The van der Waals surface area contributed by atoms with Gasteiger partial charge in [-0.3, -0.25) is 9.59 Å². The molecule has 1 aromatic carbocycles. The Morgan fingerprint density at radius 2 is 1.79 bits per heavy atom. The smallest absolute Gasteiger partial charge is 0.222 e. The molecule has 28 heavy (non-hydrogen) atoms. The average Bonchev–Trinajstić information content (AvgIpc) is 3.31. The lowest BCUT2D eigenvalue weighted by atomic mass is 9.78. The molecule has 5 heteroatoms. The van der Waals surface area contributed by atoms with Gasteiger partial charge in [-0.2, -0.15) is 0 Å². The fourth-order valence-corrected chi connectivity index (χ4v) is 4.84. The first kappa shape index (κ1) is 18.7. The number of nitrogens with zero attached hydrogens (tertiary/aromatic N) is 2. The molecule has 2 aliphatic rings. The Labute approximate surface area is 165 Å². The minimum Gasteiger partial charge on any atom is -0.359 e. The first-order valence-electron chi connectivity index (χ1n) is 10.1. The van der Waals surface area contributed by atoms with Crippen molar-refractivity contribution in [2.24, 2.45) is 11.8 Å². The maximum absolute atomic E-state index is 13.2. The fourth-order valence-electron chi connectivity index (χ4n) is 4.84. The molecule has 0 spiro atoms. The number of amides is 1. The minimum atomic E-state index is 0.00376. The number of aromatic nitrogens is 2. The van der Waals surface area contributed by atoms with Crippen LogP contribution in [0.5, 0.6) is 0 Å². The Hall–Kier alpha value is -2.69. The van der Waals surface area contributed by atoms with Gasteiger partial charge in [0, 0.05) is 25.3 Å². The highest BCUT2D eigenvalue weighted by molar-refractivity contribution is 5.96. The molecule has 5 nitrogen and oxygen atoms in total. The van der Waals surface area contributed by atoms with Crippen LogP contribution < -0.4 is 5.32 Å². The summed E-state index contributed by atoms with van der Waals surface area (Å²) < 4.78 is 2.14. The second-order valence-electron chi connectivity index (χ2n) is 7.94. The predicted molar refractivity (Wildman–Crippen MR) is 109 cm³/mol. The van der Waals surface area contributed by atoms with Crippen molar-refractivity contribution < 1.29 is 9.59 Å². The van der Waals surface area contributed by atoms with Crippen LogP contribution in [0.1, 0.15) is 56.3 Å². The Morgan fingerprint density at radius 1 is 1.11 bits per heavy atom. The van der Waals surface area contributed by atoms with E-state index in [1.165, 1.54) is 16.7 Å². The number of hydrogen-bond donors (Lipinski definition) is 1. The highest BCUT2D eigenvalue weighted by Crippen LogP contribution is 2.44. The summed E-state index contributed by atoms with van der Waals surface area (Å²) in [6.45, 7) is 2.12. The van der Waals surface area contributed by atoms with Gasteiger partial charge in [-0.1, -0.05) is 30.3 Å². The van der Waals surface area contributed by atoms with Crippen molar-refractivity contribution >= 4 is 22.8 Å². The fraction of sp³-hybridized carbons (Fsp3) is 0.435. The maximum atomic E-state index is 13.2. The molecule has 2 aromatic rings. The van der Waals surface area contributed by atoms with Gasteiger partial charge in [0.05, 0.1) is 24.3 Å². The molecular weight excluding hydrogens is 350 g/mol.